The molecule has 3 heterocycles. The Morgan fingerprint density at radius 2 is 1.97 bits per heavy atom. The van der Waals surface area contributed by atoms with Crippen molar-refractivity contribution < 1.29 is 28.2 Å². The molecule has 2 saturated heterocycles. The Labute approximate surface area is 185 Å². The van der Waals surface area contributed by atoms with Crippen molar-refractivity contribution in [1.29, 1.82) is 0 Å². The molecule has 1 aromatic carbocycles. The number of morpholine rings is 1. The Hall–Kier alpha value is -3.14. The summed E-state index contributed by atoms with van der Waals surface area (Å²) >= 11 is 0. The molecule has 1 unspecified atom stereocenters. The maximum absolute atomic E-state index is 14.9. The van der Waals surface area contributed by atoms with Gasteiger partial charge in [0.2, 0.25) is 5.91 Å². The molecule has 9 nitrogen and oxygen atoms in total. The molecule has 0 radical (unpaired) electrons. The van der Waals surface area contributed by atoms with Crippen LogP contribution in [0.4, 0.5) is 19.7 Å². The van der Waals surface area contributed by atoms with E-state index in [1.54, 1.807) is 21.9 Å². The summed E-state index contributed by atoms with van der Waals surface area (Å²) in [5, 5.41) is 2.61. The number of rotatable bonds is 4. The molecule has 3 aliphatic heterocycles. The highest BCUT2D eigenvalue weighted by Gasteiger charge is 2.33. The van der Waals surface area contributed by atoms with Gasteiger partial charge in [0.1, 0.15) is 11.9 Å². The molecule has 4 amide bonds. The number of hydrogen-bond donors (Lipinski definition) is 1. The number of amides is 4. The van der Waals surface area contributed by atoms with E-state index in [1.807, 2.05) is 6.08 Å². The van der Waals surface area contributed by atoms with Gasteiger partial charge in [-0.05, 0) is 30.2 Å². The molecular formula is C22H27FN4O5. The number of cyclic esters (lactones) is 1. The smallest absolute Gasteiger partial charge is 0.414 e. The predicted octanol–water partition coefficient (Wildman–Crippen LogP) is 1.83. The lowest BCUT2D eigenvalue weighted by atomic mass is 9.98. The average Bonchev–Trinajstić information content (AvgIpc) is 3.18. The molecule has 0 bridgehead atoms. The molecule has 1 N–H and O–H groups in total. The van der Waals surface area contributed by atoms with Crippen molar-refractivity contribution in [2.75, 3.05) is 57.4 Å². The van der Waals surface area contributed by atoms with E-state index in [1.165, 1.54) is 17.9 Å². The number of hydrogen-bond acceptors (Lipinski definition) is 5. The van der Waals surface area contributed by atoms with E-state index in [0.717, 1.165) is 5.57 Å². The third-order valence-corrected chi connectivity index (χ3v) is 5.82. The molecule has 1 atom stereocenters. The van der Waals surface area contributed by atoms with Crippen LogP contribution in [-0.2, 0) is 14.3 Å². The van der Waals surface area contributed by atoms with Gasteiger partial charge in [0.25, 0.3) is 0 Å². The number of ether oxygens (including phenoxy) is 2. The van der Waals surface area contributed by atoms with Crippen LogP contribution in [0.3, 0.4) is 0 Å². The van der Waals surface area contributed by atoms with E-state index in [0.29, 0.717) is 57.1 Å². The summed E-state index contributed by atoms with van der Waals surface area (Å²) in [6.45, 7) is 5.07. The highest BCUT2D eigenvalue weighted by molar-refractivity contribution is 5.90. The Balaban J connectivity index is 1.39. The number of carbonyl (C=O) groups is 3. The number of halogens is 1. The first-order chi connectivity index (χ1) is 15.4. The minimum atomic E-state index is -0.568. The molecule has 32 heavy (non-hydrogen) atoms. The number of urea groups is 1. The van der Waals surface area contributed by atoms with Crippen LogP contribution in [0.25, 0.3) is 5.57 Å². The molecule has 172 valence electrons. The molecule has 4 rings (SSSR count). The van der Waals surface area contributed by atoms with E-state index < -0.39 is 18.0 Å². The Morgan fingerprint density at radius 1 is 1.19 bits per heavy atom. The molecule has 0 aromatic heterocycles. The number of benzene rings is 1. The van der Waals surface area contributed by atoms with Crippen molar-refractivity contribution in [2.45, 2.75) is 19.4 Å². The second-order valence-electron chi connectivity index (χ2n) is 8.02. The fourth-order valence-corrected chi connectivity index (χ4v) is 4.07. The molecule has 0 spiro atoms. The van der Waals surface area contributed by atoms with Gasteiger partial charge in [-0.15, -0.1) is 0 Å². The summed E-state index contributed by atoms with van der Waals surface area (Å²) in [7, 11) is 0. The van der Waals surface area contributed by atoms with Crippen LogP contribution in [0.2, 0.25) is 0 Å². The Morgan fingerprint density at radius 3 is 2.62 bits per heavy atom. The quantitative estimate of drug-likeness (QED) is 0.762. The molecule has 3 aliphatic rings. The molecule has 10 heteroatoms. The maximum Gasteiger partial charge on any atom is 0.414 e. The van der Waals surface area contributed by atoms with Crippen LogP contribution in [0.15, 0.2) is 24.3 Å². The van der Waals surface area contributed by atoms with Crippen LogP contribution in [0.5, 0.6) is 0 Å². The SMILES string of the molecule is CC(=O)NCC1CN(c2ccc(C3=CCN(C(=O)N4CCOCC4)CC3)c(F)c2)C(=O)O1. The van der Waals surface area contributed by atoms with Crippen molar-refractivity contribution in [3.05, 3.63) is 35.7 Å². The third kappa shape index (κ3) is 4.85. The third-order valence-electron chi connectivity index (χ3n) is 5.82. The van der Waals surface area contributed by atoms with Crippen LogP contribution in [0.1, 0.15) is 18.9 Å². The van der Waals surface area contributed by atoms with E-state index in [2.05, 4.69) is 5.32 Å². The minimum Gasteiger partial charge on any atom is -0.442 e. The van der Waals surface area contributed by atoms with Crippen molar-refractivity contribution in [2.24, 2.45) is 0 Å². The minimum absolute atomic E-state index is 0.0132. The summed E-state index contributed by atoms with van der Waals surface area (Å²) in [5.41, 5.74) is 1.71. The fraction of sp³-hybridized carbons (Fsp3) is 0.500. The molecule has 0 saturated carbocycles. The van der Waals surface area contributed by atoms with Crippen molar-refractivity contribution in [3.63, 3.8) is 0 Å². The number of anilines is 1. The van der Waals surface area contributed by atoms with Gasteiger partial charge in [-0.3, -0.25) is 9.69 Å². The standard InChI is InChI=1S/C22H27FN4O5/c1-15(28)24-13-18-14-27(22(30)32-18)17-2-3-19(20(23)12-17)16-4-6-25(7-5-16)21(29)26-8-10-31-11-9-26/h2-4,12,18H,5-11,13-14H2,1H3,(H,24,28). The first-order valence-corrected chi connectivity index (χ1v) is 10.8. The van der Waals surface area contributed by atoms with E-state index in [-0.39, 0.29) is 25.0 Å². The second-order valence-corrected chi connectivity index (χ2v) is 8.02. The van der Waals surface area contributed by atoms with Crippen LogP contribution in [-0.4, -0.2) is 86.4 Å². The second kappa shape index (κ2) is 9.56. The van der Waals surface area contributed by atoms with Gasteiger partial charge in [0.15, 0.2) is 0 Å². The lowest BCUT2D eigenvalue weighted by Crippen LogP contribution is -2.49. The maximum atomic E-state index is 14.9. The fourth-order valence-electron chi connectivity index (χ4n) is 4.07. The monoisotopic (exact) mass is 446 g/mol. The topological polar surface area (TPSA) is 91.4 Å². The van der Waals surface area contributed by atoms with Crippen LogP contribution >= 0.6 is 0 Å². The predicted molar refractivity (Wildman–Crippen MR) is 115 cm³/mol. The van der Waals surface area contributed by atoms with Crippen molar-refractivity contribution in [3.8, 4) is 0 Å². The summed E-state index contributed by atoms with van der Waals surface area (Å²) in [5.74, 6) is -0.638. The summed E-state index contributed by atoms with van der Waals surface area (Å²) in [6, 6.07) is 4.65. The largest absolute Gasteiger partial charge is 0.442 e. The summed E-state index contributed by atoms with van der Waals surface area (Å²) in [4.78, 5) is 40.7. The van der Waals surface area contributed by atoms with Crippen molar-refractivity contribution in [1.82, 2.24) is 15.1 Å². The summed E-state index contributed by atoms with van der Waals surface area (Å²) < 4.78 is 25.5. The number of carbonyl (C=O) groups excluding carboxylic acids is 3. The molecule has 2 fully saturated rings. The van der Waals surface area contributed by atoms with Crippen molar-refractivity contribution >= 4 is 29.3 Å². The molecular weight excluding hydrogens is 419 g/mol. The van der Waals surface area contributed by atoms with E-state index >= 15 is 0 Å². The zero-order valence-electron chi connectivity index (χ0n) is 18.0. The van der Waals surface area contributed by atoms with Gasteiger partial charge in [0, 0.05) is 38.7 Å². The average molecular weight is 446 g/mol. The van der Waals surface area contributed by atoms with Gasteiger partial charge in [-0.25, -0.2) is 14.0 Å². The number of nitrogens with one attached hydrogen (secondary N) is 1. The highest BCUT2D eigenvalue weighted by Crippen LogP contribution is 2.30. The van der Waals surface area contributed by atoms with Gasteiger partial charge in [-0.2, -0.15) is 0 Å². The lowest BCUT2D eigenvalue weighted by Gasteiger charge is -2.34. The van der Waals surface area contributed by atoms with Gasteiger partial charge in [0.05, 0.1) is 32.0 Å². The van der Waals surface area contributed by atoms with Crippen LogP contribution < -0.4 is 10.2 Å². The Bertz CT molecular complexity index is 931. The zero-order valence-corrected chi connectivity index (χ0v) is 18.0. The molecule has 0 aliphatic carbocycles. The number of nitrogens with zero attached hydrogens (tertiary/aromatic N) is 3. The van der Waals surface area contributed by atoms with Gasteiger partial charge in [-0.1, -0.05) is 6.08 Å². The normalized spacial score (nSPS) is 21.3. The van der Waals surface area contributed by atoms with Crippen LogP contribution in [0, 0.1) is 5.82 Å². The molecule has 1 aromatic rings. The zero-order chi connectivity index (χ0) is 22.7. The Kier molecular flexibility index (Phi) is 6.59. The first-order valence-electron chi connectivity index (χ1n) is 10.8. The first kappa shape index (κ1) is 22.1. The lowest BCUT2D eigenvalue weighted by molar-refractivity contribution is -0.119. The van der Waals surface area contributed by atoms with Gasteiger partial charge < -0.3 is 24.6 Å². The van der Waals surface area contributed by atoms with E-state index in [4.69, 9.17) is 9.47 Å². The van der Waals surface area contributed by atoms with Gasteiger partial charge >= 0.3 is 12.1 Å². The highest BCUT2D eigenvalue weighted by atomic mass is 19.1. The summed E-state index contributed by atoms with van der Waals surface area (Å²) in [6.07, 6.45) is 1.39. The van der Waals surface area contributed by atoms with E-state index in [9.17, 15) is 18.8 Å².